The van der Waals surface area contributed by atoms with Crippen molar-refractivity contribution in [1.82, 2.24) is 10.2 Å². The van der Waals surface area contributed by atoms with Crippen LogP contribution in [0.3, 0.4) is 0 Å². The predicted molar refractivity (Wildman–Crippen MR) is 72.5 cm³/mol. The average molecular weight is 292 g/mol. The number of hydrogen-bond donors (Lipinski definition) is 2. The number of hydrogen-bond acceptors (Lipinski definition) is 2. The van der Waals surface area contributed by atoms with E-state index < -0.39 is 11.7 Å². The topological polar surface area (TPSA) is 48.9 Å². The molecule has 3 rings (SSSR count). The van der Waals surface area contributed by atoms with Gasteiger partial charge in [-0.3, -0.25) is 5.10 Å². The van der Waals surface area contributed by atoms with Crippen LogP contribution in [0, 0.1) is 0 Å². The molecule has 0 amide bonds. The first-order chi connectivity index (χ1) is 9.99. The number of aliphatic hydroxyl groups is 1. The lowest BCUT2D eigenvalue weighted by Crippen LogP contribution is -2.05. The van der Waals surface area contributed by atoms with Crippen molar-refractivity contribution in [1.29, 1.82) is 0 Å². The van der Waals surface area contributed by atoms with E-state index in [0.29, 0.717) is 27.6 Å². The Kier molecular flexibility index (Phi) is 3.17. The van der Waals surface area contributed by atoms with Gasteiger partial charge in [0.2, 0.25) is 0 Å². The fraction of sp³-hybridized carbons (Fsp3) is 0.133. The summed E-state index contributed by atoms with van der Waals surface area (Å²) >= 11 is 0. The minimum atomic E-state index is -4.43. The zero-order valence-electron chi connectivity index (χ0n) is 10.8. The Morgan fingerprint density at radius 3 is 2.67 bits per heavy atom. The highest BCUT2D eigenvalue weighted by Crippen LogP contribution is 2.36. The Morgan fingerprint density at radius 2 is 1.95 bits per heavy atom. The zero-order chi connectivity index (χ0) is 15.0. The number of fused-ring (bicyclic) bond motifs is 1. The van der Waals surface area contributed by atoms with E-state index in [-0.39, 0.29) is 6.61 Å². The Morgan fingerprint density at radius 1 is 1.14 bits per heavy atom. The summed E-state index contributed by atoms with van der Waals surface area (Å²) in [6, 6.07) is 8.94. The number of nitrogens with zero attached hydrogens (tertiary/aromatic N) is 1. The Hall–Kier alpha value is -2.34. The maximum Gasteiger partial charge on any atom is 0.416 e. The highest BCUT2D eigenvalue weighted by Gasteiger charge is 2.31. The van der Waals surface area contributed by atoms with Crippen molar-refractivity contribution < 1.29 is 18.3 Å². The van der Waals surface area contributed by atoms with Crippen LogP contribution >= 0.6 is 0 Å². The van der Waals surface area contributed by atoms with Gasteiger partial charge in [-0.15, -0.1) is 0 Å². The number of alkyl halides is 3. The number of benzene rings is 2. The van der Waals surface area contributed by atoms with E-state index in [4.69, 9.17) is 5.11 Å². The first kappa shape index (κ1) is 13.6. The van der Waals surface area contributed by atoms with Crippen molar-refractivity contribution in [2.24, 2.45) is 0 Å². The average Bonchev–Trinajstić information content (AvgIpc) is 2.93. The van der Waals surface area contributed by atoms with Crippen molar-refractivity contribution in [3.8, 4) is 11.1 Å². The molecule has 108 valence electrons. The van der Waals surface area contributed by atoms with Gasteiger partial charge in [0.15, 0.2) is 0 Å². The molecule has 0 bridgehead atoms. The molecule has 0 spiro atoms. The third kappa shape index (κ3) is 2.50. The van der Waals surface area contributed by atoms with E-state index >= 15 is 0 Å². The summed E-state index contributed by atoms with van der Waals surface area (Å²) in [6.07, 6.45) is -2.93. The summed E-state index contributed by atoms with van der Waals surface area (Å²) in [5, 5.41) is 16.2. The molecule has 0 fully saturated rings. The molecule has 0 saturated heterocycles. The first-order valence-electron chi connectivity index (χ1n) is 6.23. The lowest BCUT2D eigenvalue weighted by molar-refractivity contribution is -0.137. The Balaban J connectivity index is 2.27. The molecule has 2 aromatic carbocycles. The number of nitrogens with one attached hydrogen (secondary N) is 1. The van der Waals surface area contributed by atoms with E-state index in [0.717, 1.165) is 12.1 Å². The van der Waals surface area contributed by atoms with E-state index in [1.807, 2.05) is 0 Å². The Labute approximate surface area is 118 Å². The number of H-pyrrole nitrogens is 1. The van der Waals surface area contributed by atoms with Gasteiger partial charge in [-0.1, -0.05) is 18.2 Å². The van der Waals surface area contributed by atoms with Gasteiger partial charge in [-0.25, -0.2) is 0 Å². The molecule has 0 aliphatic carbocycles. The second-order valence-corrected chi connectivity index (χ2v) is 4.71. The van der Waals surface area contributed by atoms with E-state index in [9.17, 15) is 13.2 Å². The van der Waals surface area contributed by atoms with Crippen LogP contribution in [0.25, 0.3) is 22.0 Å². The zero-order valence-corrected chi connectivity index (χ0v) is 10.8. The van der Waals surface area contributed by atoms with Crippen molar-refractivity contribution in [3.63, 3.8) is 0 Å². The van der Waals surface area contributed by atoms with Crippen molar-refractivity contribution in [3.05, 3.63) is 53.7 Å². The van der Waals surface area contributed by atoms with Crippen molar-refractivity contribution in [2.45, 2.75) is 12.8 Å². The molecular formula is C15H11F3N2O. The second-order valence-electron chi connectivity index (χ2n) is 4.71. The summed E-state index contributed by atoms with van der Waals surface area (Å²) in [5.41, 5.74) is 1.28. The summed E-state index contributed by atoms with van der Waals surface area (Å²) in [6.45, 7) is -0.165. The predicted octanol–water partition coefficient (Wildman–Crippen LogP) is 3.74. The first-order valence-corrected chi connectivity index (χ1v) is 6.23. The van der Waals surface area contributed by atoms with Crippen molar-refractivity contribution >= 4 is 10.9 Å². The fourth-order valence-electron chi connectivity index (χ4n) is 2.29. The third-order valence-corrected chi connectivity index (χ3v) is 3.31. The SMILES string of the molecule is OCc1cccc(-c2cc(C(F)(F)F)cc3[nH]ncc23)c1. The maximum atomic E-state index is 13.0. The highest BCUT2D eigenvalue weighted by atomic mass is 19.4. The third-order valence-electron chi connectivity index (χ3n) is 3.31. The van der Waals surface area contributed by atoms with Gasteiger partial charge in [-0.2, -0.15) is 18.3 Å². The van der Waals surface area contributed by atoms with Crippen LogP contribution in [0.4, 0.5) is 13.2 Å². The lowest BCUT2D eigenvalue weighted by atomic mass is 9.97. The molecule has 0 radical (unpaired) electrons. The minimum absolute atomic E-state index is 0.165. The standard InChI is InChI=1S/C15H11F3N2O/c16-15(17,18)11-5-12(13-7-19-20-14(13)6-11)10-3-1-2-9(4-10)8-21/h1-7,21H,8H2,(H,19,20). The molecule has 0 saturated carbocycles. The number of aromatic amines is 1. The van der Waals surface area contributed by atoms with E-state index in [1.165, 1.54) is 6.20 Å². The fourth-order valence-corrected chi connectivity index (χ4v) is 2.29. The molecule has 6 heteroatoms. The normalized spacial score (nSPS) is 12.0. The lowest BCUT2D eigenvalue weighted by Gasteiger charge is -2.11. The van der Waals surface area contributed by atoms with Gasteiger partial charge >= 0.3 is 6.18 Å². The van der Waals surface area contributed by atoms with Crippen LogP contribution in [0.15, 0.2) is 42.6 Å². The Bertz CT molecular complexity index is 793. The molecule has 3 aromatic rings. The molecule has 0 unspecified atom stereocenters. The number of aromatic nitrogens is 2. The molecular weight excluding hydrogens is 281 g/mol. The van der Waals surface area contributed by atoms with Crippen LogP contribution in [-0.2, 0) is 12.8 Å². The van der Waals surface area contributed by atoms with Gasteiger partial charge in [-0.05, 0) is 34.9 Å². The van der Waals surface area contributed by atoms with Crippen LogP contribution in [-0.4, -0.2) is 15.3 Å². The molecule has 0 atom stereocenters. The molecule has 3 nitrogen and oxygen atoms in total. The van der Waals surface area contributed by atoms with Gasteiger partial charge < -0.3 is 5.11 Å². The van der Waals surface area contributed by atoms with Gasteiger partial charge in [0, 0.05) is 5.39 Å². The van der Waals surface area contributed by atoms with Crippen LogP contribution < -0.4 is 0 Å². The maximum absolute atomic E-state index is 13.0. The molecule has 1 aromatic heterocycles. The summed E-state index contributed by atoms with van der Waals surface area (Å²) < 4.78 is 39.0. The second kappa shape index (κ2) is 4.89. The molecule has 0 aliphatic heterocycles. The quantitative estimate of drug-likeness (QED) is 0.756. The molecule has 1 heterocycles. The number of aliphatic hydroxyl groups excluding tert-OH is 1. The van der Waals surface area contributed by atoms with Gasteiger partial charge in [0.1, 0.15) is 0 Å². The van der Waals surface area contributed by atoms with Crippen LogP contribution in [0.2, 0.25) is 0 Å². The number of rotatable bonds is 2. The summed E-state index contributed by atoms with van der Waals surface area (Å²) in [4.78, 5) is 0. The molecule has 2 N–H and O–H groups in total. The van der Waals surface area contributed by atoms with Gasteiger partial charge in [0.05, 0.1) is 23.9 Å². The smallest absolute Gasteiger partial charge is 0.392 e. The summed E-state index contributed by atoms with van der Waals surface area (Å²) in [7, 11) is 0. The van der Waals surface area contributed by atoms with E-state index in [2.05, 4.69) is 10.2 Å². The highest BCUT2D eigenvalue weighted by molar-refractivity contribution is 5.95. The van der Waals surface area contributed by atoms with E-state index in [1.54, 1.807) is 24.3 Å². The summed E-state index contributed by atoms with van der Waals surface area (Å²) in [5.74, 6) is 0. The monoisotopic (exact) mass is 292 g/mol. The van der Waals surface area contributed by atoms with Crippen LogP contribution in [0.1, 0.15) is 11.1 Å². The van der Waals surface area contributed by atoms with Crippen molar-refractivity contribution in [2.75, 3.05) is 0 Å². The van der Waals surface area contributed by atoms with Gasteiger partial charge in [0.25, 0.3) is 0 Å². The number of halogens is 3. The minimum Gasteiger partial charge on any atom is -0.392 e. The molecule has 0 aliphatic rings. The largest absolute Gasteiger partial charge is 0.416 e. The van der Waals surface area contributed by atoms with Crippen LogP contribution in [0.5, 0.6) is 0 Å². The molecule has 21 heavy (non-hydrogen) atoms.